The minimum atomic E-state index is -3.34. The number of nitrogens with one attached hydrogen (secondary N) is 3. The van der Waals surface area contributed by atoms with Gasteiger partial charge < -0.3 is 26.1 Å². The van der Waals surface area contributed by atoms with Gasteiger partial charge >= 0.3 is 5.97 Å². The van der Waals surface area contributed by atoms with Gasteiger partial charge in [0.2, 0.25) is 5.91 Å². The molecule has 340 valence electrons. The largest absolute Gasteiger partial charge is 0.481 e. The number of aromatic amines is 2. The van der Waals surface area contributed by atoms with Gasteiger partial charge in [-0.1, -0.05) is 106 Å². The van der Waals surface area contributed by atoms with Crippen molar-refractivity contribution in [3.8, 4) is 22.5 Å². The molecule has 10 rings (SSSR count). The molecule has 6 N–H and O–H groups in total. The molecule has 16 nitrogen and oxygen atoms in total. The van der Waals surface area contributed by atoms with Crippen LogP contribution in [0.25, 0.3) is 55.6 Å². The molecule has 66 heavy (non-hydrogen) atoms. The quantitative estimate of drug-likeness (QED) is 0.0956. The maximum Gasteiger partial charge on any atom is 0.307 e. The van der Waals surface area contributed by atoms with E-state index in [9.17, 15) is 18.0 Å². The minimum absolute atomic E-state index is 0.0670. The van der Waals surface area contributed by atoms with Crippen LogP contribution in [0.2, 0.25) is 0 Å². The van der Waals surface area contributed by atoms with Crippen LogP contribution >= 0.6 is 22.7 Å². The molecule has 0 saturated carbocycles. The fourth-order valence-corrected chi connectivity index (χ4v) is 7.98. The number of H-pyrrole nitrogens is 2. The van der Waals surface area contributed by atoms with Crippen LogP contribution in [-0.4, -0.2) is 76.0 Å². The monoisotopic (exact) mass is 943 g/mol. The number of aliphatic carboxylic acids is 1. The van der Waals surface area contributed by atoms with Crippen LogP contribution in [0.3, 0.4) is 0 Å². The van der Waals surface area contributed by atoms with Gasteiger partial charge in [-0.2, -0.15) is 0 Å². The summed E-state index contributed by atoms with van der Waals surface area (Å²) in [5, 5.41) is 25.7. The number of rotatable bonds is 8. The number of hydrogen-bond donors (Lipinski definition) is 5. The van der Waals surface area contributed by atoms with Gasteiger partial charge in [-0.15, -0.1) is 31.9 Å². The van der Waals surface area contributed by atoms with Crippen LogP contribution in [0, 0.1) is 0 Å². The molecule has 7 heterocycles. The molecule has 0 aliphatic heterocycles. The number of anilines is 2. The molecular formula is C47H49N11O5S3. The average molecular weight is 944 g/mol. The lowest BCUT2D eigenvalue weighted by Gasteiger charge is -2.01. The molecule has 7 aromatic heterocycles. The number of carboxylic acid groups (broad SMARTS) is 1. The summed E-state index contributed by atoms with van der Waals surface area (Å²) in [6, 6.07) is 33.5. The maximum atomic E-state index is 12.1. The zero-order valence-corrected chi connectivity index (χ0v) is 39.2. The first-order valence-electron chi connectivity index (χ1n) is 20.6. The zero-order chi connectivity index (χ0) is 47.5. The molecule has 0 saturated heterocycles. The van der Waals surface area contributed by atoms with Crippen molar-refractivity contribution in [1.82, 2.24) is 44.3 Å². The van der Waals surface area contributed by atoms with Crippen molar-refractivity contribution in [3.05, 3.63) is 156 Å². The molecule has 0 bridgehead atoms. The van der Waals surface area contributed by atoms with E-state index in [1.165, 1.54) is 22.7 Å². The van der Waals surface area contributed by atoms with Gasteiger partial charge in [0.05, 0.1) is 30.5 Å². The zero-order valence-electron chi connectivity index (χ0n) is 36.8. The first-order chi connectivity index (χ1) is 32.0. The molecule has 1 amide bonds. The number of aromatic nitrogens is 9. The summed E-state index contributed by atoms with van der Waals surface area (Å²) in [5.41, 5.74) is 14.0. The van der Waals surface area contributed by atoms with Crippen molar-refractivity contribution in [2.24, 2.45) is 0 Å². The predicted molar refractivity (Wildman–Crippen MR) is 266 cm³/mol. The van der Waals surface area contributed by atoms with E-state index in [1.54, 1.807) is 48.8 Å². The first-order valence-corrected chi connectivity index (χ1v) is 24.2. The molecule has 0 radical (unpaired) electrons. The van der Waals surface area contributed by atoms with Gasteiger partial charge in [0, 0.05) is 57.4 Å². The van der Waals surface area contributed by atoms with Crippen molar-refractivity contribution >= 4 is 87.9 Å². The summed E-state index contributed by atoms with van der Waals surface area (Å²) in [6.07, 6.45) is 8.85. The molecule has 0 spiro atoms. The average Bonchev–Trinajstić information content (AvgIpc) is 4.19. The molecule has 0 fully saturated rings. The molecule has 0 aliphatic carbocycles. The van der Waals surface area contributed by atoms with Crippen molar-refractivity contribution in [2.75, 3.05) is 17.3 Å². The van der Waals surface area contributed by atoms with Crippen molar-refractivity contribution in [1.29, 1.82) is 0 Å². The lowest BCUT2D eigenvalue weighted by atomic mass is 10.1. The molecular weight excluding hydrogens is 895 g/mol. The number of nitrogens with zero attached hydrogens (tertiary/aromatic N) is 7. The fraction of sp³-hybridized carbons (Fsp3) is 0.149. The third kappa shape index (κ3) is 13.7. The second-order valence-electron chi connectivity index (χ2n) is 13.3. The third-order valence-corrected chi connectivity index (χ3v) is 11.1. The Morgan fingerprint density at radius 2 is 1.21 bits per heavy atom. The Balaban J connectivity index is 0.000000169. The minimum Gasteiger partial charge on any atom is -0.481 e. The van der Waals surface area contributed by atoms with Crippen LogP contribution in [0.15, 0.2) is 145 Å². The number of amides is 1. The van der Waals surface area contributed by atoms with Crippen molar-refractivity contribution in [2.45, 2.75) is 40.5 Å². The summed E-state index contributed by atoms with van der Waals surface area (Å²) in [5.74, 6) is -0.853. The number of carboxylic acids is 1. The molecule has 0 unspecified atom stereocenters. The number of hydrogen-bond acceptors (Lipinski definition) is 13. The Bertz CT molecular complexity index is 3180. The standard InChI is InChI=1S/C18H14N4OS.C10H8N4S.C8H8O2.C7H7N3O2S.2C2H6/c23-16(9-12-5-2-1-3-6-12)22-18-21-15(11-24-18)14-10-20-17-13(14)7-4-8-19-17;11-10-14-8(5-15-10)7-4-13-9-6(7)2-1-3-12-9;9-8(10)6-7-4-2-1-3-5-7;1-13(11,12)10-7-5-3-2-4-6(7)8-9-10;2*1-2/h1-8,10-11H,9H2,(H,19,20)(H,21,22,23);1-5H,(H2,11,14)(H,12,13);1-5H,6H2,(H,9,10);2-5H,1H3;2*1-2H3. The van der Waals surface area contributed by atoms with Crippen LogP contribution in [0.5, 0.6) is 0 Å². The SMILES string of the molecule is CC.CC.CS(=O)(=O)n1nnc2ccccc21.Nc1nc(-c2c[nH]c3ncccc23)cs1.O=C(Cc1ccccc1)Nc1nc(-c2c[nH]c3ncccc23)cs1.O=C(O)Cc1ccccc1. The maximum absolute atomic E-state index is 12.1. The summed E-state index contributed by atoms with van der Waals surface area (Å²) in [6.45, 7) is 8.00. The smallest absolute Gasteiger partial charge is 0.307 e. The van der Waals surface area contributed by atoms with E-state index in [4.69, 9.17) is 10.8 Å². The number of carbonyl (C=O) groups excluding carboxylic acids is 1. The molecule has 19 heteroatoms. The number of para-hydroxylation sites is 1. The summed E-state index contributed by atoms with van der Waals surface area (Å²) >= 11 is 2.86. The number of nitrogens with two attached hydrogens (primary N) is 1. The lowest BCUT2D eigenvalue weighted by Crippen LogP contribution is -2.14. The Morgan fingerprint density at radius 3 is 1.74 bits per heavy atom. The van der Waals surface area contributed by atoms with Gasteiger partial charge in [0.25, 0.3) is 10.0 Å². The van der Waals surface area contributed by atoms with Crippen LogP contribution < -0.4 is 11.1 Å². The number of nitrogen functional groups attached to an aromatic ring is 1. The Hall–Kier alpha value is -7.61. The number of pyridine rings is 2. The highest BCUT2D eigenvalue weighted by molar-refractivity contribution is 7.89. The molecule has 10 aromatic rings. The molecule has 3 aromatic carbocycles. The van der Waals surface area contributed by atoms with Gasteiger partial charge in [-0.05, 0) is 47.5 Å². The molecule has 0 atom stereocenters. The van der Waals surface area contributed by atoms with Gasteiger partial charge in [-0.3, -0.25) is 9.59 Å². The van der Waals surface area contributed by atoms with Gasteiger partial charge in [0.1, 0.15) is 22.3 Å². The summed E-state index contributed by atoms with van der Waals surface area (Å²) in [7, 11) is -3.34. The van der Waals surface area contributed by atoms with E-state index in [0.29, 0.717) is 27.7 Å². The van der Waals surface area contributed by atoms with E-state index in [1.807, 2.05) is 124 Å². The number of carbonyl (C=O) groups is 2. The number of benzene rings is 3. The van der Waals surface area contributed by atoms with Crippen molar-refractivity contribution < 1.29 is 23.1 Å². The highest BCUT2D eigenvalue weighted by atomic mass is 32.2. The van der Waals surface area contributed by atoms with E-state index in [0.717, 1.165) is 66.1 Å². The van der Waals surface area contributed by atoms with E-state index < -0.39 is 16.0 Å². The lowest BCUT2D eigenvalue weighted by molar-refractivity contribution is -0.136. The van der Waals surface area contributed by atoms with E-state index >= 15 is 0 Å². The van der Waals surface area contributed by atoms with Crippen LogP contribution in [-0.2, 0) is 32.5 Å². The van der Waals surface area contributed by atoms with E-state index in [2.05, 4.69) is 45.5 Å². The normalized spacial score (nSPS) is 10.4. The number of thiazole rings is 2. The summed E-state index contributed by atoms with van der Waals surface area (Å²) < 4.78 is 23.3. The topological polar surface area (TPSA) is 240 Å². The number of fused-ring (bicyclic) bond motifs is 3. The fourth-order valence-electron chi connectivity index (χ4n) is 6.01. The Kier molecular flexibility index (Phi) is 18.3. The van der Waals surface area contributed by atoms with Crippen molar-refractivity contribution in [3.63, 3.8) is 0 Å². The van der Waals surface area contributed by atoms with Gasteiger partial charge in [0.15, 0.2) is 10.3 Å². The predicted octanol–water partition coefficient (Wildman–Crippen LogP) is 9.74. The van der Waals surface area contributed by atoms with Crippen LogP contribution in [0.4, 0.5) is 10.3 Å². The second kappa shape index (κ2) is 24.5. The third-order valence-electron chi connectivity index (χ3n) is 8.77. The molecule has 0 aliphatic rings. The Labute approximate surface area is 389 Å². The highest BCUT2D eigenvalue weighted by Gasteiger charge is 2.14. The van der Waals surface area contributed by atoms with Crippen LogP contribution in [0.1, 0.15) is 38.8 Å². The Morgan fingerprint density at radius 1 is 0.697 bits per heavy atom. The van der Waals surface area contributed by atoms with E-state index in [-0.39, 0.29) is 12.3 Å². The van der Waals surface area contributed by atoms with Gasteiger partial charge in [-0.25, -0.2) is 28.4 Å². The first kappa shape index (κ1) is 49.4. The highest BCUT2D eigenvalue weighted by Crippen LogP contribution is 2.31. The summed E-state index contributed by atoms with van der Waals surface area (Å²) in [4.78, 5) is 45.8. The second-order valence-corrected chi connectivity index (χ2v) is 16.8.